The summed E-state index contributed by atoms with van der Waals surface area (Å²) in [4.78, 5) is 22.6. The summed E-state index contributed by atoms with van der Waals surface area (Å²) < 4.78 is 12.3. The van der Waals surface area contributed by atoms with Gasteiger partial charge in [0, 0.05) is 12.1 Å². The lowest BCUT2D eigenvalue weighted by Gasteiger charge is -2.14. The molecule has 0 saturated heterocycles. The number of hydrogen-bond acceptors (Lipinski definition) is 6. The van der Waals surface area contributed by atoms with Crippen molar-refractivity contribution in [2.75, 3.05) is 6.61 Å². The zero-order chi connectivity index (χ0) is 25.4. The number of nitro groups is 1. The minimum Gasteiger partial charge on any atom is -0.490 e. The monoisotopic (exact) mass is 539 g/mol. The van der Waals surface area contributed by atoms with E-state index in [0.29, 0.717) is 28.1 Å². The van der Waals surface area contributed by atoms with Gasteiger partial charge < -0.3 is 9.47 Å². The third-order valence-corrected chi connectivity index (χ3v) is 5.79. The number of carbonyl (C=O) groups is 1. The van der Waals surface area contributed by atoms with E-state index < -0.39 is 4.92 Å². The number of hydrogen-bond donors (Lipinski definition) is 1. The van der Waals surface area contributed by atoms with E-state index in [0.717, 1.165) is 16.7 Å². The van der Waals surface area contributed by atoms with E-state index in [1.54, 1.807) is 24.3 Å². The summed E-state index contributed by atoms with van der Waals surface area (Å²) in [6.07, 6.45) is 1.77. The molecule has 3 aromatic carbocycles. The zero-order valence-corrected chi connectivity index (χ0v) is 21.3. The van der Waals surface area contributed by atoms with Crippen molar-refractivity contribution in [1.29, 1.82) is 0 Å². The number of nitro benzene ring substituents is 1. The second-order valence-electron chi connectivity index (χ2n) is 7.86. The van der Waals surface area contributed by atoms with Gasteiger partial charge in [-0.2, -0.15) is 5.10 Å². The standard InChI is InChI=1S/C26H26BrN3O5/c1-4-34-24-13-21(15-28-29-25(31)14-20-6-5-17(2)18(3)11-20)12-23(27)26(24)35-16-19-7-9-22(10-8-19)30(32)33/h5-13,15H,4,14,16H2,1-3H3,(H,29,31)/b28-15+. The highest BCUT2D eigenvalue weighted by Gasteiger charge is 2.13. The van der Waals surface area contributed by atoms with Gasteiger partial charge in [-0.15, -0.1) is 0 Å². The van der Waals surface area contributed by atoms with Crippen molar-refractivity contribution in [1.82, 2.24) is 5.43 Å². The molecule has 0 aromatic heterocycles. The van der Waals surface area contributed by atoms with Gasteiger partial charge in [-0.05, 0) is 88.8 Å². The lowest BCUT2D eigenvalue weighted by Crippen LogP contribution is -2.19. The highest BCUT2D eigenvalue weighted by Crippen LogP contribution is 2.37. The van der Waals surface area contributed by atoms with Crippen LogP contribution in [-0.2, 0) is 17.8 Å². The lowest BCUT2D eigenvalue weighted by molar-refractivity contribution is -0.384. The summed E-state index contributed by atoms with van der Waals surface area (Å²) in [5.74, 6) is 0.796. The Kier molecular flexibility index (Phi) is 8.97. The largest absolute Gasteiger partial charge is 0.490 e. The van der Waals surface area contributed by atoms with Gasteiger partial charge in [-0.25, -0.2) is 5.43 Å². The summed E-state index contributed by atoms with van der Waals surface area (Å²) in [5.41, 5.74) is 7.31. The first kappa shape index (κ1) is 25.9. The van der Waals surface area contributed by atoms with Crippen molar-refractivity contribution in [2.45, 2.75) is 33.8 Å². The van der Waals surface area contributed by atoms with Crippen molar-refractivity contribution < 1.29 is 19.2 Å². The highest BCUT2D eigenvalue weighted by molar-refractivity contribution is 9.10. The van der Waals surface area contributed by atoms with Crippen molar-refractivity contribution in [3.05, 3.63) is 97.0 Å². The Morgan fingerprint density at radius 2 is 1.77 bits per heavy atom. The summed E-state index contributed by atoms with van der Waals surface area (Å²) in [7, 11) is 0. The minimum absolute atomic E-state index is 0.0228. The molecule has 0 saturated carbocycles. The van der Waals surface area contributed by atoms with Crippen LogP contribution < -0.4 is 14.9 Å². The zero-order valence-electron chi connectivity index (χ0n) is 19.7. The molecule has 0 aliphatic heterocycles. The molecule has 3 aromatic rings. The molecule has 182 valence electrons. The maximum Gasteiger partial charge on any atom is 0.269 e. The first-order valence-corrected chi connectivity index (χ1v) is 11.8. The molecule has 0 unspecified atom stereocenters. The van der Waals surface area contributed by atoms with Crippen molar-refractivity contribution in [3.63, 3.8) is 0 Å². The quantitative estimate of drug-likeness (QED) is 0.204. The normalized spacial score (nSPS) is 10.9. The first-order chi connectivity index (χ1) is 16.8. The van der Waals surface area contributed by atoms with Gasteiger partial charge in [0.1, 0.15) is 6.61 Å². The van der Waals surface area contributed by atoms with Crippen LogP contribution in [0.15, 0.2) is 64.2 Å². The summed E-state index contributed by atoms with van der Waals surface area (Å²) in [5, 5.41) is 14.9. The van der Waals surface area contributed by atoms with E-state index in [4.69, 9.17) is 9.47 Å². The number of nitrogens with one attached hydrogen (secondary N) is 1. The Balaban J connectivity index is 1.65. The molecular formula is C26H26BrN3O5. The molecule has 0 heterocycles. The minimum atomic E-state index is -0.444. The molecule has 35 heavy (non-hydrogen) atoms. The Morgan fingerprint density at radius 1 is 1.06 bits per heavy atom. The van der Waals surface area contributed by atoms with Crippen LogP contribution in [0.4, 0.5) is 5.69 Å². The fourth-order valence-electron chi connectivity index (χ4n) is 3.25. The molecule has 0 fully saturated rings. The molecule has 0 atom stereocenters. The van der Waals surface area contributed by atoms with E-state index >= 15 is 0 Å². The number of hydrazone groups is 1. The van der Waals surface area contributed by atoms with Crippen molar-refractivity contribution >= 4 is 33.7 Å². The van der Waals surface area contributed by atoms with Crippen LogP contribution in [-0.4, -0.2) is 23.7 Å². The Labute approximate surface area is 212 Å². The molecule has 0 radical (unpaired) electrons. The van der Waals surface area contributed by atoms with Gasteiger partial charge in [-0.1, -0.05) is 18.2 Å². The van der Waals surface area contributed by atoms with E-state index in [-0.39, 0.29) is 24.6 Å². The molecule has 1 N–H and O–H groups in total. The van der Waals surface area contributed by atoms with E-state index in [1.807, 2.05) is 39.0 Å². The number of rotatable bonds is 10. The van der Waals surface area contributed by atoms with Gasteiger partial charge in [0.25, 0.3) is 5.69 Å². The predicted octanol–water partition coefficient (Wildman–Crippen LogP) is 5.64. The number of amides is 1. The van der Waals surface area contributed by atoms with Gasteiger partial charge in [0.2, 0.25) is 5.91 Å². The van der Waals surface area contributed by atoms with E-state index in [1.165, 1.54) is 23.9 Å². The number of non-ortho nitro benzene ring substituents is 1. The molecular weight excluding hydrogens is 514 g/mol. The molecule has 9 heteroatoms. The number of halogens is 1. The molecule has 0 spiro atoms. The van der Waals surface area contributed by atoms with Gasteiger partial charge in [0.05, 0.1) is 28.6 Å². The van der Waals surface area contributed by atoms with Gasteiger partial charge >= 0.3 is 0 Å². The number of nitrogens with zero attached hydrogens (tertiary/aromatic N) is 2. The lowest BCUT2D eigenvalue weighted by atomic mass is 10.0. The molecule has 0 aliphatic rings. The van der Waals surface area contributed by atoms with Crippen LogP contribution >= 0.6 is 15.9 Å². The van der Waals surface area contributed by atoms with Crippen LogP contribution in [0.2, 0.25) is 0 Å². The fraction of sp³-hybridized carbons (Fsp3) is 0.231. The SMILES string of the molecule is CCOc1cc(/C=N/NC(=O)Cc2ccc(C)c(C)c2)cc(Br)c1OCc1ccc([N+](=O)[O-])cc1. The predicted molar refractivity (Wildman–Crippen MR) is 138 cm³/mol. The first-order valence-electron chi connectivity index (χ1n) is 11.0. The summed E-state index contributed by atoms with van der Waals surface area (Å²) in [6, 6.07) is 15.7. The van der Waals surface area contributed by atoms with Crippen LogP contribution in [0, 0.1) is 24.0 Å². The second kappa shape index (κ2) is 12.1. The maximum atomic E-state index is 12.3. The van der Waals surface area contributed by atoms with Crippen LogP contribution in [0.25, 0.3) is 0 Å². The third-order valence-electron chi connectivity index (χ3n) is 5.20. The fourth-order valence-corrected chi connectivity index (χ4v) is 3.83. The number of ether oxygens (including phenoxy) is 2. The maximum absolute atomic E-state index is 12.3. The van der Waals surface area contributed by atoms with Crippen molar-refractivity contribution in [3.8, 4) is 11.5 Å². The van der Waals surface area contributed by atoms with Gasteiger partial charge in [0.15, 0.2) is 11.5 Å². The topological polar surface area (TPSA) is 103 Å². The Hall–Kier alpha value is -3.72. The van der Waals surface area contributed by atoms with Crippen LogP contribution in [0.3, 0.4) is 0 Å². The number of benzene rings is 3. The molecule has 8 nitrogen and oxygen atoms in total. The van der Waals surface area contributed by atoms with E-state index in [2.05, 4.69) is 26.5 Å². The number of aryl methyl sites for hydroxylation is 2. The summed E-state index contributed by atoms with van der Waals surface area (Å²) in [6.45, 7) is 6.54. The highest BCUT2D eigenvalue weighted by atomic mass is 79.9. The molecule has 3 rings (SSSR count). The van der Waals surface area contributed by atoms with Crippen LogP contribution in [0.5, 0.6) is 11.5 Å². The Morgan fingerprint density at radius 3 is 2.43 bits per heavy atom. The smallest absolute Gasteiger partial charge is 0.269 e. The Bertz CT molecular complexity index is 1240. The van der Waals surface area contributed by atoms with E-state index in [9.17, 15) is 14.9 Å². The third kappa shape index (κ3) is 7.38. The molecule has 0 bridgehead atoms. The average molecular weight is 540 g/mol. The van der Waals surface area contributed by atoms with Crippen LogP contribution in [0.1, 0.15) is 34.7 Å². The average Bonchev–Trinajstić information content (AvgIpc) is 2.81. The van der Waals surface area contributed by atoms with Crippen molar-refractivity contribution in [2.24, 2.45) is 5.10 Å². The summed E-state index contributed by atoms with van der Waals surface area (Å²) >= 11 is 3.51. The van der Waals surface area contributed by atoms with Gasteiger partial charge in [-0.3, -0.25) is 14.9 Å². The number of carbonyl (C=O) groups excluding carboxylic acids is 1. The molecule has 0 aliphatic carbocycles. The molecule has 1 amide bonds. The second-order valence-corrected chi connectivity index (χ2v) is 8.72.